The molecule has 1 aromatic rings. The SMILES string of the molecule is C=C1OCC(COc2ccc(OCC3COC(=C)O3)cc2)O1. The monoisotopic (exact) mass is 306 g/mol. The lowest BCUT2D eigenvalue weighted by molar-refractivity contribution is 0.102. The predicted octanol–water partition coefficient (Wildman–Crippen LogP) is 2.22. The lowest BCUT2D eigenvalue weighted by Crippen LogP contribution is -2.20. The quantitative estimate of drug-likeness (QED) is 0.803. The van der Waals surface area contributed by atoms with E-state index in [2.05, 4.69) is 13.2 Å². The molecule has 2 saturated heterocycles. The van der Waals surface area contributed by atoms with Gasteiger partial charge in [-0.3, -0.25) is 0 Å². The summed E-state index contributed by atoms with van der Waals surface area (Å²) in [6, 6.07) is 7.35. The van der Waals surface area contributed by atoms with E-state index in [1.54, 1.807) is 0 Å². The fourth-order valence-electron chi connectivity index (χ4n) is 2.05. The summed E-state index contributed by atoms with van der Waals surface area (Å²) in [7, 11) is 0. The first-order chi connectivity index (χ1) is 10.7. The van der Waals surface area contributed by atoms with E-state index in [1.807, 2.05) is 24.3 Å². The minimum Gasteiger partial charge on any atom is -0.490 e. The van der Waals surface area contributed by atoms with E-state index < -0.39 is 0 Å². The highest BCUT2D eigenvalue weighted by Crippen LogP contribution is 2.21. The van der Waals surface area contributed by atoms with E-state index in [1.165, 1.54) is 0 Å². The van der Waals surface area contributed by atoms with Crippen molar-refractivity contribution in [2.24, 2.45) is 0 Å². The number of rotatable bonds is 6. The van der Waals surface area contributed by atoms with Crippen molar-refractivity contribution < 1.29 is 28.4 Å². The van der Waals surface area contributed by atoms with Gasteiger partial charge in [-0.05, 0) is 37.4 Å². The summed E-state index contributed by atoms with van der Waals surface area (Å²) in [4.78, 5) is 0. The van der Waals surface area contributed by atoms with Gasteiger partial charge in [-0.15, -0.1) is 0 Å². The molecule has 2 fully saturated rings. The molecule has 6 heteroatoms. The molecule has 0 saturated carbocycles. The number of hydrogen-bond donors (Lipinski definition) is 0. The molecule has 22 heavy (non-hydrogen) atoms. The van der Waals surface area contributed by atoms with Crippen molar-refractivity contribution in [1.29, 1.82) is 0 Å². The van der Waals surface area contributed by atoms with Crippen LogP contribution in [0, 0.1) is 0 Å². The smallest absolute Gasteiger partial charge is 0.272 e. The number of benzene rings is 1. The molecule has 0 N–H and O–H groups in total. The Labute approximate surface area is 128 Å². The van der Waals surface area contributed by atoms with Crippen molar-refractivity contribution >= 4 is 0 Å². The Hall–Kier alpha value is -2.50. The topological polar surface area (TPSA) is 55.4 Å². The van der Waals surface area contributed by atoms with Crippen LogP contribution >= 0.6 is 0 Å². The average molecular weight is 306 g/mol. The second kappa shape index (κ2) is 6.51. The maximum atomic E-state index is 5.63. The summed E-state index contributed by atoms with van der Waals surface area (Å²) < 4.78 is 32.1. The maximum absolute atomic E-state index is 5.63. The van der Waals surface area contributed by atoms with Gasteiger partial charge >= 0.3 is 0 Å². The Morgan fingerprint density at radius 2 is 1.23 bits per heavy atom. The van der Waals surface area contributed by atoms with Crippen molar-refractivity contribution in [3.8, 4) is 11.5 Å². The van der Waals surface area contributed by atoms with Crippen molar-refractivity contribution in [2.45, 2.75) is 12.2 Å². The molecule has 2 aliphatic heterocycles. The van der Waals surface area contributed by atoms with Crippen LogP contribution in [-0.2, 0) is 18.9 Å². The summed E-state index contributed by atoms with van der Waals surface area (Å²) in [5.74, 6) is 2.17. The number of hydrogen-bond acceptors (Lipinski definition) is 6. The van der Waals surface area contributed by atoms with E-state index in [0.29, 0.717) is 38.3 Å². The van der Waals surface area contributed by atoms with Crippen molar-refractivity contribution in [2.75, 3.05) is 26.4 Å². The number of ether oxygens (including phenoxy) is 6. The van der Waals surface area contributed by atoms with Gasteiger partial charge in [-0.1, -0.05) is 0 Å². The zero-order valence-corrected chi connectivity index (χ0v) is 12.2. The van der Waals surface area contributed by atoms with Crippen molar-refractivity contribution in [3.63, 3.8) is 0 Å². The normalized spacial score (nSPS) is 23.3. The molecule has 2 aliphatic rings. The molecule has 118 valence electrons. The van der Waals surface area contributed by atoms with Crippen LogP contribution in [0.1, 0.15) is 0 Å². The highest BCUT2D eigenvalue weighted by atomic mass is 16.7. The first-order valence-electron chi connectivity index (χ1n) is 7.01. The molecule has 2 heterocycles. The first-order valence-corrected chi connectivity index (χ1v) is 7.01. The molecule has 3 rings (SSSR count). The van der Waals surface area contributed by atoms with E-state index in [-0.39, 0.29) is 12.2 Å². The summed E-state index contributed by atoms with van der Waals surface area (Å²) >= 11 is 0. The summed E-state index contributed by atoms with van der Waals surface area (Å²) in [6.07, 6.45) is -0.230. The molecule has 2 atom stereocenters. The third kappa shape index (κ3) is 3.78. The van der Waals surface area contributed by atoms with Crippen LogP contribution < -0.4 is 9.47 Å². The Balaban J connectivity index is 1.42. The van der Waals surface area contributed by atoms with Gasteiger partial charge in [0.1, 0.15) is 37.9 Å². The van der Waals surface area contributed by atoms with Crippen LogP contribution in [0.25, 0.3) is 0 Å². The highest BCUT2D eigenvalue weighted by molar-refractivity contribution is 5.31. The Kier molecular flexibility index (Phi) is 4.27. The summed E-state index contributed by atoms with van der Waals surface area (Å²) in [5, 5.41) is 0. The fourth-order valence-corrected chi connectivity index (χ4v) is 2.05. The molecule has 0 radical (unpaired) electrons. The second-order valence-electron chi connectivity index (χ2n) is 4.94. The first kappa shape index (κ1) is 14.4. The maximum Gasteiger partial charge on any atom is 0.272 e. The van der Waals surface area contributed by atoms with Crippen LogP contribution in [0.15, 0.2) is 49.3 Å². The van der Waals surface area contributed by atoms with Gasteiger partial charge < -0.3 is 28.4 Å². The van der Waals surface area contributed by atoms with Gasteiger partial charge in [0.25, 0.3) is 11.9 Å². The standard InChI is InChI=1S/C16H18O6/c1-11-17-7-15(21-11)9-19-13-3-5-14(6-4-13)20-10-16-8-18-12(2)22-16/h3-6,15-16H,1-2,7-10H2. The molecule has 0 spiro atoms. The molecule has 0 amide bonds. The largest absolute Gasteiger partial charge is 0.490 e. The zero-order chi connectivity index (χ0) is 15.4. The fraction of sp³-hybridized carbons (Fsp3) is 0.375. The molecule has 2 unspecified atom stereocenters. The van der Waals surface area contributed by atoms with E-state index >= 15 is 0 Å². The molecular formula is C16H18O6. The predicted molar refractivity (Wildman–Crippen MR) is 77.4 cm³/mol. The minimum atomic E-state index is -0.115. The van der Waals surface area contributed by atoms with Crippen molar-refractivity contribution in [1.82, 2.24) is 0 Å². The highest BCUT2D eigenvalue weighted by Gasteiger charge is 2.22. The van der Waals surface area contributed by atoms with E-state index in [9.17, 15) is 0 Å². The third-order valence-electron chi connectivity index (χ3n) is 3.15. The zero-order valence-electron chi connectivity index (χ0n) is 12.2. The van der Waals surface area contributed by atoms with Gasteiger partial charge in [-0.25, -0.2) is 0 Å². The minimum absolute atomic E-state index is 0.115. The van der Waals surface area contributed by atoms with Crippen LogP contribution in [0.4, 0.5) is 0 Å². The van der Waals surface area contributed by atoms with Crippen LogP contribution in [0.3, 0.4) is 0 Å². The van der Waals surface area contributed by atoms with E-state index in [0.717, 1.165) is 11.5 Å². The Morgan fingerprint density at radius 3 is 1.55 bits per heavy atom. The van der Waals surface area contributed by atoms with Gasteiger partial charge in [0, 0.05) is 0 Å². The molecule has 1 aromatic carbocycles. The molecule has 0 aliphatic carbocycles. The van der Waals surface area contributed by atoms with Crippen molar-refractivity contribution in [3.05, 3.63) is 49.3 Å². The van der Waals surface area contributed by atoms with Crippen LogP contribution in [0.5, 0.6) is 11.5 Å². The van der Waals surface area contributed by atoms with Gasteiger partial charge in [0.15, 0.2) is 12.2 Å². The molecular weight excluding hydrogens is 288 g/mol. The summed E-state index contributed by atoms with van der Waals surface area (Å²) in [6.45, 7) is 8.93. The lowest BCUT2D eigenvalue weighted by atomic mass is 10.3. The molecule has 0 bridgehead atoms. The van der Waals surface area contributed by atoms with Gasteiger partial charge in [0.05, 0.1) is 0 Å². The van der Waals surface area contributed by atoms with Gasteiger partial charge in [0.2, 0.25) is 0 Å². The Bertz CT molecular complexity index is 489. The van der Waals surface area contributed by atoms with Gasteiger partial charge in [-0.2, -0.15) is 0 Å². The molecule has 6 nitrogen and oxygen atoms in total. The second-order valence-corrected chi connectivity index (χ2v) is 4.94. The van der Waals surface area contributed by atoms with Crippen LogP contribution in [-0.4, -0.2) is 38.6 Å². The molecule has 0 aromatic heterocycles. The third-order valence-corrected chi connectivity index (χ3v) is 3.15. The Morgan fingerprint density at radius 1 is 0.818 bits per heavy atom. The average Bonchev–Trinajstić information content (AvgIpc) is 3.12. The van der Waals surface area contributed by atoms with Crippen LogP contribution in [0.2, 0.25) is 0 Å². The lowest BCUT2D eigenvalue weighted by Gasteiger charge is -2.12. The summed E-state index contributed by atoms with van der Waals surface area (Å²) in [5.41, 5.74) is 0. The van der Waals surface area contributed by atoms with E-state index in [4.69, 9.17) is 28.4 Å².